The molecule has 1 N–H and O–H groups in total. The largest absolute Gasteiger partial charge is 0.310 e. The molecule has 0 bridgehead atoms. The monoisotopic (exact) mass is 330 g/mol. The van der Waals surface area contributed by atoms with Crippen LogP contribution in [0.15, 0.2) is 18.2 Å². The van der Waals surface area contributed by atoms with Crippen LogP contribution in [0.2, 0.25) is 10.0 Å². The smallest absolute Gasteiger partial charge is 0.0640 e. The van der Waals surface area contributed by atoms with Crippen molar-refractivity contribution in [1.29, 1.82) is 0 Å². The fraction of sp³-hybridized carbons (Fsp3) is 0.647. The number of rotatable bonds is 9. The maximum absolute atomic E-state index is 6.38. The minimum atomic E-state index is 0.249. The van der Waals surface area contributed by atoms with Crippen molar-refractivity contribution >= 4 is 23.2 Å². The van der Waals surface area contributed by atoms with Gasteiger partial charge in [0.25, 0.3) is 0 Å². The van der Waals surface area contributed by atoms with Crippen molar-refractivity contribution in [2.75, 3.05) is 19.6 Å². The molecule has 1 unspecified atom stereocenters. The molecule has 1 aromatic rings. The van der Waals surface area contributed by atoms with Crippen molar-refractivity contribution < 1.29 is 0 Å². The van der Waals surface area contributed by atoms with Gasteiger partial charge in [-0.25, -0.2) is 0 Å². The summed E-state index contributed by atoms with van der Waals surface area (Å²) in [6.07, 6.45) is 2.22. The molecule has 0 aromatic heterocycles. The second-order valence-electron chi connectivity index (χ2n) is 5.67. The summed E-state index contributed by atoms with van der Waals surface area (Å²) >= 11 is 12.5. The van der Waals surface area contributed by atoms with E-state index in [0.29, 0.717) is 16.1 Å². The molecule has 120 valence electrons. The van der Waals surface area contributed by atoms with Gasteiger partial charge in [0.05, 0.1) is 10.0 Å². The second-order valence-corrected chi connectivity index (χ2v) is 6.46. The Morgan fingerprint density at radius 2 is 1.86 bits per heavy atom. The van der Waals surface area contributed by atoms with Crippen molar-refractivity contribution in [1.82, 2.24) is 10.2 Å². The fourth-order valence-electron chi connectivity index (χ4n) is 2.61. The van der Waals surface area contributed by atoms with E-state index < -0.39 is 0 Å². The van der Waals surface area contributed by atoms with E-state index in [4.69, 9.17) is 23.2 Å². The minimum Gasteiger partial charge on any atom is -0.310 e. The Kier molecular flexibility index (Phi) is 8.65. The van der Waals surface area contributed by atoms with Gasteiger partial charge in [-0.3, -0.25) is 0 Å². The molecule has 0 aliphatic rings. The zero-order valence-electron chi connectivity index (χ0n) is 13.6. The molecule has 21 heavy (non-hydrogen) atoms. The average Bonchev–Trinajstić information content (AvgIpc) is 2.45. The second kappa shape index (κ2) is 9.68. The zero-order valence-corrected chi connectivity index (χ0v) is 15.1. The highest BCUT2D eigenvalue weighted by atomic mass is 35.5. The summed E-state index contributed by atoms with van der Waals surface area (Å²) in [6.45, 7) is 12.0. The molecule has 0 heterocycles. The number of hydrogen-bond donors (Lipinski definition) is 1. The van der Waals surface area contributed by atoms with E-state index in [9.17, 15) is 0 Å². The van der Waals surface area contributed by atoms with Crippen LogP contribution in [-0.2, 0) is 0 Å². The molecule has 0 aliphatic heterocycles. The first-order valence-electron chi connectivity index (χ1n) is 7.92. The Labute approximate surface area is 139 Å². The Bertz CT molecular complexity index is 421. The topological polar surface area (TPSA) is 15.3 Å². The Hall–Kier alpha value is -0.280. The van der Waals surface area contributed by atoms with Crippen LogP contribution in [-0.4, -0.2) is 30.6 Å². The molecule has 0 fully saturated rings. The van der Waals surface area contributed by atoms with Crippen LogP contribution >= 0.6 is 23.2 Å². The predicted octanol–water partition coefficient (Wildman–Crippen LogP) is 5.15. The molecule has 0 saturated heterocycles. The molecule has 1 aromatic carbocycles. The highest BCUT2D eigenvalue weighted by molar-refractivity contribution is 6.42. The molecule has 0 aliphatic carbocycles. The summed E-state index contributed by atoms with van der Waals surface area (Å²) in [5, 5.41) is 4.84. The minimum absolute atomic E-state index is 0.249. The Morgan fingerprint density at radius 1 is 1.14 bits per heavy atom. The van der Waals surface area contributed by atoms with Crippen LogP contribution in [0.4, 0.5) is 0 Å². The van der Waals surface area contributed by atoms with Crippen molar-refractivity contribution in [3.63, 3.8) is 0 Å². The van der Waals surface area contributed by atoms with E-state index in [-0.39, 0.29) is 6.04 Å². The summed E-state index contributed by atoms with van der Waals surface area (Å²) in [5.41, 5.74) is 1.10. The summed E-state index contributed by atoms with van der Waals surface area (Å²) in [5.74, 6) is 0. The number of nitrogens with zero attached hydrogens (tertiary/aromatic N) is 1. The summed E-state index contributed by atoms with van der Waals surface area (Å²) < 4.78 is 0. The van der Waals surface area contributed by atoms with Gasteiger partial charge in [-0.15, -0.1) is 0 Å². The standard InChI is InChI=1S/C17H28Cl2N2/c1-5-11-21(13(3)4)12-10-16(20-6-2)14-8-7-9-15(18)17(14)19/h7-9,13,16,20H,5-6,10-12H2,1-4H3. The molecule has 1 rings (SSSR count). The fourth-order valence-corrected chi connectivity index (χ4v) is 3.05. The van der Waals surface area contributed by atoms with Gasteiger partial charge in [0.1, 0.15) is 0 Å². The lowest BCUT2D eigenvalue weighted by Gasteiger charge is -2.29. The first-order chi connectivity index (χ1) is 10.0. The highest BCUT2D eigenvalue weighted by Gasteiger charge is 2.17. The third kappa shape index (κ3) is 5.78. The molecule has 0 amide bonds. The quantitative estimate of drug-likeness (QED) is 0.673. The van der Waals surface area contributed by atoms with E-state index in [2.05, 4.69) is 44.0 Å². The highest BCUT2D eigenvalue weighted by Crippen LogP contribution is 2.31. The summed E-state index contributed by atoms with van der Waals surface area (Å²) in [7, 11) is 0. The lowest BCUT2D eigenvalue weighted by Crippen LogP contribution is -2.35. The third-order valence-electron chi connectivity index (χ3n) is 3.75. The number of nitrogens with one attached hydrogen (secondary N) is 1. The van der Waals surface area contributed by atoms with Gasteiger partial charge in [0.15, 0.2) is 0 Å². The summed E-state index contributed by atoms with van der Waals surface area (Å²) in [4.78, 5) is 2.52. The Morgan fingerprint density at radius 3 is 2.43 bits per heavy atom. The molecule has 0 saturated carbocycles. The van der Waals surface area contributed by atoms with E-state index in [1.807, 2.05) is 12.1 Å². The predicted molar refractivity (Wildman–Crippen MR) is 94.5 cm³/mol. The zero-order chi connectivity index (χ0) is 15.8. The van der Waals surface area contributed by atoms with Gasteiger partial charge >= 0.3 is 0 Å². The van der Waals surface area contributed by atoms with Gasteiger partial charge in [0.2, 0.25) is 0 Å². The van der Waals surface area contributed by atoms with E-state index in [1.54, 1.807) is 0 Å². The van der Waals surface area contributed by atoms with Crippen molar-refractivity contribution in [3.8, 4) is 0 Å². The molecule has 0 spiro atoms. The number of benzene rings is 1. The molecule has 2 nitrogen and oxygen atoms in total. The maximum atomic E-state index is 6.38. The van der Waals surface area contributed by atoms with Gasteiger partial charge in [0, 0.05) is 18.6 Å². The van der Waals surface area contributed by atoms with Gasteiger partial charge in [-0.1, -0.05) is 49.2 Å². The van der Waals surface area contributed by atoms with E-state index in [0.717, 1.165) is 31.6 Å². The van der Waals surface area contributed by atoms with Crippen LogP contribution in [0.1, 0.15) is 52.1 Å². The average molecular weight is 331 g/mol. The molecule has 0 radical (unpaired) electrons. The lowest BCUT2D eigenvalue weighted by atomic mass is 10.0. The van der Waals surface area contributed by atoms with Crippen LogP contribution in [0, 0.1) is 0 Å². The lowest BCUT2D eigenvalue weighted by molar-refractivity contribution is 0.210. The van der Waals surface area contributed by atoms with Crippen LogP contribution in [0.3, 0.4) is 0 Å². The van der Waals surface area contributed by atoms with Crippen LogP contribution in [0.25, 0.3) is 0 Å². The van der Waals surface area contributed by atoms with Crippen molar-refractivity contribution in [2.45, 2.75) is 52.6 Å². The first kappa shape index (κ1) is 18.8. The molecule has 4 heteroatoms. The van der Waals surface area contributed by atoms with E-state index in [1.165, 1.54) is 6.42 Å². The number of hydrogen-bond acceptors (Lipinski definition) is 2. The third-order valence-corrected chi connectivity index (χ3v) is 4.59. The van der Waals surface area contributed by atoms with Gasteiger partial charge in [-0.05, 0) is 51.4 Å². The summed E-state index contributed by atoms with van der Waals surface area (Å²) in [6, 6.07) is 6.70. The first-order valence-corrected chi connectivity index (χ1v) is 8.68. The maximum Gasteiger partial charge on any atom is 0.0640 e. The number of halogens is 2. The normalized spacial score (nSPS) is 13.1. The van der Waals surface area contributed by atoms with E-state index >= 15 is 0 Å². The van der Waals surface area contributed by atoms with Crippen molar-refractivity contribution in [2.24, 2.45) is 0 Å². The van der Waals surface area contributed by atoms with Gasteiger partial charge in [-0.2, -0.15) is 0 Å². The van der Waals surface area contributed by atoms with Crippen LogP contribution < -0.4 is 5.32 Å². The molecule has 1 atom stereocenters. The molecular weight excluding hydrogens is 303 g/mol. The van der Waals surface area contributed by atoms with Gasteiger partial charge < -0.3 is 10.2 Å². The Balaban J connectivity index is 2.80. The molecular formula is C17H28Cl2N2. The van der Waals surface area contributed by atoms with Crippen molar-refractivity contribution in [3.05, 3.63) is 33.8 Å². The SMILES string of the molecule is CCCN(CCC(NCC)c1cccc(Cl)c1Cl)C(C)C. The van der Waals surface area contributed by atoms with Crippen LogP contribution in [0.5, 0.6) is 0 Å².